The first-order chi connectivity index (χ1) is 14.6. The monoisotopic (exact) mass is 414 g/mol. The average Bonchev–Trinajstić information content (AvgIpc) is 3.45. The molecule has 1 fully saturated rings. The molecule has 0 aliphatic heterocycles. The van der Waals surface area contributed by atoms with Gasteiger partial charge in [-0.25, -0.2) is 4.98 Å². The minimum Gasteiger partial charge on any atom is -0.365 e. The van der Waals surface area contributed by atoms with Gasteiger partial charge in [0.1, 0.15) is 6.54 Å². The van der Waals surface area contributed by atoms with Gasteiger partial charge in [0, 0.05) is 34.3 Å². The number of aromatic amines is 1. The van der Waals surface area contributed by atoms with Crippen LogP contribution in [0.5, 0.6) is 0 Å². The molecule has 164 valence electrons. The van der Waals surface area contributed by atoms with Crippen LogP contribution in [0.25, 0.3) is 10.9 Å². The summed E-state index contributed by atoms with van der Waals surface area (Å²) in [6, 6.07) is 3.89. The number of amides is 1. The second kappa shape index (κ2) is 9.11. The Labute approximate surface area is 179 Å². The molecule has 8 heteroatoms. The molecule has 8 nitrogen and oxygen atoms in total. The molecular weight excluding hydrogens is 380 g/mol. The molecular formula is C22H34N6O2. The number of pyridine rings is 1. The van der Waals surface area contributed by atoms with Crippen molar-refractivity contribution in [3.63, 3.8) is 0 Å². The molecule has 0 atom stereocenters. The molecule has 1 amide bonds. The number of hydrogen-bond acceptors (Lipinski definition) is 5. The number of aromatic nitrogens is 4. The molecule has 3 heterocycles. The van der Waals surface area contributed by atoms with E-state index >= 15 is 0 Å². The van der Waals surface area contributed by atoms with Gasteiger partial charge in [-0.3, -0.25) is 19.1 Å². The van der Waals surface area contributed by atoms with Crippen molar-refractivity contribution in [2.45, 2.75) is 52.1 Å². The summed E-state index contributed by atoms with van der Waals surface area (Å²) in [5, 5.41) is 7.02. The van der Waals surface area contributed by atoms with Gasteiger partial charge in [-0.2, -0.15) is 0 Å². The van der Waals surface area contributed by atoms with Crippen molar-refractivity contribution in [2.24, 2.45) is 5.92 Å². The lowest BCUT2D eigenvalue weighted by Gasteiger charge is -2.12. The molecule has 3 aromatic rings. The highest BCUT2D eigenvalue weighted by Crippen LogP contribution is 2.33. The number of nitrogens with one attached hydrogen (secondary N) is 3. The highest BCUT2D eigenvalue weighted by atomic mass is 16.2. The predicted octanol–water partition coefficient (Wildman–Crippen LogP) is 3.47. The van der Waals surface area contributed by atoms with E-state index in [-0.39, 0.29) is 22.3 Å². The summed E-state index contributed by atoms with van der Waals surface area (Å²) in [5.41, 5.74) is 2.11. The van der Waals surface area contributed by atoms with Gasteiger partial charge in [0.25, 0.3) is 5.56 Å². The Morgan fingerprint density at radius 1 is 1.30 bits per heavy atom. The van der Waals surface area contributed by atoms with E-state index in [4.69, 9.17) is 0 Å². The lowest BCUT2D eigenvalue weighted by atomic mass is 10.2. The fourth-order valence-electron chi connectivity index (χ4n) is 3.54. The predicted molar refractivity (Wildman–Crippen MR) is 123 cm³/mol. The number of fused-ring (bicyclic) bond motifs is 1. The molecule has 3 aromatic heterocycles. The zero-order valence-corrected chi connectivity index (χ0v) is 17.3. The van der Waals surface area contributed by atoms with Crippen LogP contribution in [0.2, 0.25) is 0 Å². The van der Waals surface area contributed by atoms with E-state index < -0.39 is 0 Å². The van der Waals surface area contributed by atoms with E-state index in [0.717, 1.165) is 35.5 Å². The lowest BCUT2D eigenvalue weighted by molar-refractivity contribution is -0.121. The Kier molecular flexibility index (Phi) is 6.11. The second-order valence-electron chi connectivity index (χ2n) is 8.02. The average molecular weight is 415 g/mol. The van der Waals surface area contributed by atoms with E-state index in [0.29, 0.717) is 18.1 Å². The molecule has 0 spiro atoms. The summed E-state index contributed by atoms with van der Waals surface area (Å²) in [6.45, 7) is 2.76. The fourth-order valence-corrected chi connectivity index (χ4v) is 3.54. The van der Waals surface area contributed by atoms with Crippen LogP contribution in [0, 0.1) is 12.8 Å². The SMILES string of the molecule is Cc1cnc(NCCCCC2CC2)c(=O)n1CC(=O)NCc1cc2cc[nH]c2cn1.[HH].[HH].[HH]. The van der Waals surface area contributed by atoms with Crippen LogP contribution in [-0.4, -0.2) is 32.0 Å². The van der Waals surface area contributed by atoms with E-state index in [1.165, 1.54) is 30.3 Å². The summed E-state index contributed by atoms with van der Waals surface area (Å²) < 4.78 is 1.46. The number of H-pyrrole nitrogens is 1. The Balaban J connectivity index is 0.00000181. The van der Waals surface area contributed by atoms with E-state index in [1.54, 1.807) is 19.3 Å². The molecule has 4 rings (SSSR count). The maximum atomic E-state index is 12.7. The lowest BCUT2D eigenvalue weighted by Crippen LogP contribution is -2.34. The zero-order valence-electron chi connectivity index (χ0n) is 17.3. The second-order valence-corrected chi connectivity index (χ2v) is 8.02. The van der Waals surface area contributed by atoms with Crippen LogP contribution in [-0.2, 0) is 17.9 Å². The quantitative estimate of drug-likeness (QED) is 0.441. The standard InChI is InChI=1S/C22H28N6O2.3H2/c1-15-11-27-21(24-8-3-2-4-16-5-6-16)22(30)28(15)14-20(29)26-12-18-10-17-7-9-23-19(17)13-25-18;;;/h7,9-11,13,16,23H,2-6,8,12,14H2,1H3,(H,24,27)(H,26,29);3*1H. The van der Waals surface area contributed by atoms with Gasteiger partial charge in [0.15, 0.2) is 5.82 Å². The van der Waals surface area contributed by atoms with Gasteiger partial charge in [-0.05, 0) is 31.4 Å². The molecule has 1 saturated carbocycles. The molecule has 1 aliphatic carbocycles. The van der Waals surface area contributed by atoms with Crippen molar-refractivity contribution in [3.05, 3.63) is 52.5 Å². The summed E-state index contributed by atoms with van der Waals surface area (Å²) in [6.07, 6.45) is 11.4. The van der Waals surface area contributed by atoms with Gasteiger partial charge in [0.05, 0.1) is 24.0 Å². The fraction of sp³-hybridized carbons (Fsp3) is 0.455. The van der Waals surface area contributed by atoms with Gasteiger partial charge in [-0.15, -0.1) is 0 Å². The van der Waals surface area contributed by atoms with Crippen molar-refractivity contribution >= 4 is 22.6 Å². The van der Waals surface area contributed by atoms with Crippen LogP contribution >= 0.6 is 0 Å². The molecule has 0 aromatic carbocycles. The van der Waals surface area contributed by atoms with Crippen LogP contribution < -0.4 is 16.2 Å². The van der Waals surface area contributed by atoms with Crippen molar-refractivity contribution in [1.82, 2.24) is 24.8 Å². The maximum Gasteiger partial charge on any atom is 0.293 e. The smallest absolute Gasteiger partial charge is 0.293 e. The van der Waals surface area contributed by atoms with Crippen molar-refractivity contribution < 1.29 is 9.07 Å². The minimum absolute atomic E-state index is 0. The molecule has 0 saturated heterocycles. The molecule has 1 aliphatic rings. The molecule has 0 unspecified atom stereocenters. The Hall–Kier alpha value is -3.16. The normalized spacial score (nSPS) is 13.5. The zero-order chi connectivity index (χ0) is 20.9. The van der Waals surface area contributed by atoms with Gasteiger partial charge >= 0.3 is 0 Å². The number of aryl methyl sites for hydroxylation is 1. The Morgan fingerprint density at radius 3 is 3.00 bits per heavy atom. The molecule has 30 heavy (non-hydrogen) atoms. The number of rotatable bonds is 10. The van der Waals surface area contributed by atoms with Crippen molar-refractivity contribution in [1.29, 1.82) is 0 Å². The van der Waals surface area contributed by atoms with Crippen molar-refractivity contribution in [3.8, 4) is 0 Å². The molecule has 0 bridgehead atoms. The third-order valence-electron chi connectivity index (χ3n) is 5.55. The topological polar surface area (TPSA) is 105 Å². The van der Waals surface area contributed by atoms with Crippen LogP contribution in [0.15, 0.2) is 35.5 Å². The third-order valence-corrected chi connectivity index (χ3v) is 5.55. The van der Waals surface area contributed by atoms with E-state index in [2.05, 4.69) is 25.6 Å². The number of nitrogens with zero attached hydrogens (tertiary/aromatic N) is 3. The summed E-state index contributed by atoms with van der Waals surface area (Å²) >= 11 is 0. The maximum absolute atomic E-state index is 12.7. The Bertz CT molecular complexity index is 1100. The first kappa shape index (κ1) is 20.1. The minimum atomic E-state index is -0.265. The van der Waals surface area contributed by atoms with Gasteiger partial charge < -0.3 is 15.6 Å². The number of unbranched alkanes of at least 4 members (excludes halogenated alkanes) is 1. The van der Waals surface area contributed by atoms with E-state index in [9.17, 15) is 9.59 Å². The van der Waals surface area contributed by atoms with Crippen LogP contribution in [0.1, 0.15) is 47.8 Å². The highest BCUT2D eigenvalue weighted by molar-refractivity contribution is 5.79. The summed E-state index contributed by atoms with van der Waals surface area (Å²) in [4.78, 5) is 36.8. The van der Waals surface area contributed by atoms with Gasteiger partial charge in [-0.1, -0.05) is 25.7 Å². The first-order valence-electron chi connectivity index (χ1n) is 10.6. The van der Waals surface area contributed by atoms with Crippen LogP contribution in [0.4, 0.5) is 5.82 Å². The first-order valence-corrected chi connectivity index (χ1v) is 10.6. The Morgan fingerprint density at radius 2 is 2.17 bits per heavy atom. The van der Waals surface area contributed by atoms with Crippen molar-refractivity contribution in [2.75, 3.05) is 11.9 Å². The largest absolute Gasteiger partial charge is 0.365 e. The number of anilines is 1. The van der Waals surface area contributed by atoms with E-state index in [1.807, 2.05) is 18.3 Å². The molecule has 0 radical (unpaired) electrons. The third kappa shape index (κ3) is 5.06. The summed E-state index contributed by atoms with van der Waals surface area (Å²) in [5.74, 6) is 0.996. The van der Waals surface area contributed by atoms with Gasteiger partial charge in [0.2, 0.25) is 5.91 Å². The summed E-state index contributed by atoms with van der Waals surface area (Å²) in [7, 11) is 0. The number of carbonyl (C=O) groups is 1. The van der Waals surface area contributed by atoms with Crippen LogP contribution in [0.3, 0.4) is 0 Å². The molecule has 3 N–H and O–H groups in total. The number of carbonyl (C=O) groups excluding carboxylic acids is 1. The highest BCUT2D eigenvalue weighted by Gasteiger charge is 2.20. The number of hydrogen-bond donors (Lipinski definition) is 3.